The van der Waals surface area contributed by atoms with Crippen molar-refractivity contribution in [2.24, 2.45) is 4.99 Å². The minimum absolute atomic E-state index is 0.0488. The van der Waals surface area contributed by atoms with E-state index in [1.807, 2.05) is 18.4 Å². The average Bonchev–Trinajstić information content (AvgIpc) is 3.04. The summed E-state index contributed by atoms with van der Waals surface area (Å²) in [4.78, 5) is 29.9. The predicted molar refractivity (Wildman–Crippen MR) is 107 cm³/mol. The number of benzene rings is 2. The summed E-state index contributed by atoms with van der Waals surface area (Å²) in [6, 6.07) is 12.2. The van der Waals surface area contributed by atoms with Gasteiger partial charge in [-0.2, -0.15) is 4.99 Å². The van der Waals surface area contributed by atoms with E-state index in [0.29, 0.717) is 22.3 Å². The standard InChI is InChI=1S/C21H18N2O3S/c1-4-23-18-12(2)9-10-13(3)19(18)27-21(23)22-20(25)17-11-15(24)14-7-5-6-8-16(14)26-17/h5-11H,4H2,1-3H3. The summed E-state index contributed by atoms with van der Waals surface area (Å²) in [5, 5.41) is 0.450. The zero-order chi connectivity index (χ0) is 19.1. The maximum Gasteiger partial charge on any atom is 0.315 e. The number of hydrogen-bond acceptors (Lipinski definition) is 4. The molecule has 1 amide bonds. The van der Waals surface area contributed by atoms with Crippen LogP contribution in [0.3, 0.4) is 0 Å². The Bertz CT molecular complexity index is 1330. The van der Waals surface area contributed by atoms with Gasteiger partial charge in [0, 0.05) is 12.6 Å². The largest absolute Gasteiger partial charge is 0.451 e. The van der Waals surface area contributed by atoms with E-state index >= 15 is 0 Å². The first kappa shape index (κ1) is 17.4. The van der Waals surface area contributed by atoms with Crippen molar-refractivity contribution < 1.29 is 9.21 Å². The number of hydrogen-bond donors (Lipinski definition) is 0. The first-order chi connectivity index (χ1) is 13.0. The summed E-state index contributed by atoms with van der Waals surface area (Å²) in [6.07, 6.45) is 0. The number of thiazole rings is 1. The number of carbonyl (C=O) groups excluding carboxylic acids is 1. The number of aryl methyl sites for hydroxylation is 3. The molecule has 5 nitrogen and oxygen atoms in total. The molecule has 2 aromatic carbocycles. The van der Waals surface area contributed by atoms with E-state index in [9.17, 15) is 9.59 Å². The van der Waals surface area contributed by atoms with Crippen molar-refractivity contribution in [1.29, 1.82) is 0 Å². The lowest BCUT2D eigenvalue weighted by molar-refractivity contribution is 0.0972. The highest BCUT2D eigenvalue weighted by Crippen LogP contribution is 2.25. The Hall–Kier alpha value is -2.99. The van der Waals surface area contributed by atoms with Crippen LogP contribution in [0.1, 0.15) is 28.6 Å². The van der Waals surface area contributed by atoms with E-state index in [1.54, 1.807) is 24.3 Å². The molecule has 0 aliphatic carbocycles. The molecule has 136 valence electrons. The van der Waals surface area contributed by atoms with Crippen LogP contribution < -0.4 is 10.2 Å². The minimum atomic E-state index is -0.554. The van der Waals surface area contributed by atoms with Gasteiger partial charge in [0.25, 0.3) is 0 Å². The zero-order valence-corrected chi connectivity index (χ0v) is 16.1. The summed E-state index contributed by atoms with van der Waals surface area (Å²) in [5.41, 5.74) is 3.51. The Morgan fingerprint density at radius 2 is 1.89 bits per heavy atom. The van der Waals surface area contributed by atoms with Crippen LogP contribution in [0.5, 0.6) is 0 Å². The summed E-state index contributed by atoms with van der Waals surface area (Å²) in [6.45, 7) is 6.81. The lowest BCUT2D eigenvalue weighted by atomic mass is 10.1. The van der Waals surface area contributed by atoms with Gasteiger partial charge in [0.05, 0.1) is 15.6 Å². The molecule has 6 heteroatoms. The Balaban J connectivity index is 1.92. The maximum atomic E-state index is 12.7. The van der Waals surface area contributed by atoms with Crippen LogP contribution in [-0.4, -0.2) is 10.5 Å². The Morgan fingerprint density at radius 3 is 2.67 bits per heavy atom. The van der Waals surface area contributed by atoms with Gasteiger partial charge in [-0.3, -0.25) is 9.59 Å². The number of aromatic nitrogens is 1. The van der Waals surface area contributed by atoms with Crippen LogP contribution in [0.4, 0.5) is 0 Å². The van der Waals surface area contributed by atoms with Gasteiger partial charge >= 0.3 is 5.91 Å². The highest BCUT2D eigenvalue weighted by Gasteiger charge is 2.14. The van der Waals surface area contributed by atoms with E-state index in [2.05, 4.69) is 24.0 Å². The number of carbonyl (C=O) groups is 1. The van der Waals surface area contributed by atoms with Gasteiger partial charge in [-0.15, -0.1) is 0 Å². The van der Waals surface area contributed by atoms with Crippen LogP contribution in [0.25, 0.3) is 21.2 Å². The normalized spacial score (nSPS) is 12.2. The minimum Gasteiger partial charge on any atom is -0.451 e. The molecule has 27 heavy (non-hydrogen) atoms. The summed E-state index contributed by atoms with van der Waals surface area (Å²) in [5.74, 6) is -0.603. The van der Waals surface area contributed by atoms with Gasteiger partial charge in [-0.05, 0) is 44.0 Å². The summed E-state index contributed by atoms with van der Waals surface area (Å²) < 4.78 is 8.77. The molecular weight excluding hydrogens is 360 g/mol. The van der Waals surface area contributed by atoms with Crippen LogP contribution in [0, 0.1) is 13.8 Å². The molecular formula is C21H18N2O3S. The monoisotopic (exact) mass is 378 g/mol. The van der Waals surface area contributed by atoms with Crippen LogP contribution in [0.2, 0.25) is 0 Å². The highest BCUT2D eigenvalue weighted by atomic mass is 32.1. The molecule has 0 bridgehead atoms. The van der Waals surface area contributed by atoms with E-state index in [0.717, 1.165) is 21.3 Å². The van der Waals surface area contributed by atoms with Crippen molar-refractivity contribution in [3.8, 4) is 0 Å². The first-order valence-corrected chi connectivity index (χ1v) is 9.52. The second-order valence-corrected chi connectivity index (χ2v) is 7.37. The SMILES string of the molecule is CCn1c(=NC(=O)c2cc(=O)c3ccccc3o2)sc2c(C)ccc(C)c21. The molecule has 0 aliphatic rings. The molecule has 0 saturated carbocycles. The number of amides is 1. The summed E-state index contributed by atoms with van der Waals surface area (Å²) >= 11 is 1.48. The second-order valence-electron chi connectivity index (χ2n) is 6.39. The molecule has 0 fully saturated rings. The Labute approximate surface area is 159 Å². The topological polar surface area (TPSA) is 64.6 Å². The van der Waals surface area contributed by atoms with E-state index in [-0.39, 0.29) is 11.2 Å². The third-order valence-electron chi connectivity index (χ3n) is 4.58. The molecule has 0 atom stereocenters. The van der Waals surface area contributed by atoms with Gasteiger partial charge < -0.3 is 8.98 Å². The smallest absolute Gasteiger partial charge is 0.315 e. The van der Waals surface area contributed by atoms with Gasteiger partial charge in [0.1, 0.15) is 5.58 Å². The molecule has 2 aromatic heterocycles. The third-order valence-corrected chi connectivity index (χ3v) is 5.80. The maximum absolute atomic E-state index is 12.7. The molecule has 0 aliphatic heterocycles. The lowest BCUT2D eigenvalue weighted by Crippen LogP contribution is -2.17. The van der Waals surface area contributed by atoms with Gasteiger partial charge in [0.2, 0.25) is 0 Å². The zero-order valence-electron chi connectivity index (χ0n) is 15.3. The lowest BCUT2D eigenvalue weighted by Gasteiger charge is -2.04. The quantitative estimate of drug-likeness (QED) is 0.525. The second kappa shape index (κ2) is 6.63. The van der Waals surface area contributed by atoms with Crippen molar-refractivity contribution in [3.05, 3.63) is 74.4 Å². The third kappa shape index (κ3) is 2.92. The van der Waals surface area contributed by atoms with Crippen LogP contribution in [0.15, 0.2) is 56.7 Å². The van der Waals surface area contributed by atoms with E-state index in [4.69, 9.17) is 4.42 Å². The molecule has 2 heterocycles. The molecule has 0 saturated heterocycles. The predicted octanol–water partition coefficient (Wildman–Crippen LogP) is 4.19. The van der Waals surface area contributed by atoms with Crippen molar-refractivity contribution in [3.63, 3.8) is 0 Å². The van der Waals surface area contributed by atoms with E-state index < -0.39 is 5.91 Å². The van der Waals surface area contributed by atoms with Crippen LogP contribution in [-0.2, 0) is 6.54 Å². The molecule has 0 N–H and O–H groups in total. The Morgan fingerprint density at radius 1 is 1.15 bits per heavy atom. The van der Waals surface area contributed by atoms with E-state index in [1.165, 1.54) is 17.4 Å². The molecule has 4 rings (SSSR count). The molecule has 0 unspecified atom stereocenters. The number of para-hydroxylation sites is 1. The highest BCUT2D eigenvalue weighted by molar-refractivity contribution is 7.16. The fourth-order valence-corrected chi connectivity index (χ4v) is 4.44. The number of nitrogens with zero attached hydrogens (tertiary/aromatic N) is 2. The number of fused-ring (bicyclic) bond motifs is 2. The van der Waals surface area contributed by atoms with Crippen molar-refractivity contribution >= 4 is 38.4 Å². The first-order valence-electron chi connectivity index (χ1n) is 8.71. The van der Waals surface area contributed by atoms with Crippen molar-refractivity contribution in [2.45, 2.75) is 27.3 Å². The van der Waals surface area contributed by atoms with Crippen LogP contribution >= 0.6 is 11.3 Å². The average molecular weight is 378 g/mol. The fourth-order valence-electron chi connectivity index (χ4n) is 3.20. The molecule has 4 aromatic rings. The van der Waals surface area contributed by atoms with Crippen molar-refractivity contribution in [2.75, 3.05) is 0 Å². The fraction of sp³-hybridized carbons (Fsp3) is 0.190. The summed E-state index contributed by atoms with van der Waals surface area (Å²) in [7, 11) is 0. The molecule has 0 spiro atoms. The number of rotatable bonds is 2. The van der Waals surface area contributed by atoms with Gasteiger partial charge in [-0.1, -0.05) is 35.6 Å². The van der Waals surface area contributed by atoms with Gasteiger partial charge in [0.15, 0.2) is 16.0 Å². The van der Waals surface area contributed by atoms with Gasteiger partial charge in [-0.25, -0.2) is 0 Å². The van der Waals surface area contributed by atoms with Crippen molar-refractivity contribution in [1.82, 2.24) is 4.57 Å². The Kier molecular flexibility index (Phi) is 4.28. The molecule has 0 radical (unpaired) electrons.